The van der Waals surface area contributed by atoms with Crippen molar-refractivity contribution in [1.29, 1.82) is 0 Å². The van der Waals surface area contributed by atoms with E-state index in [2.05, 4.69) is 10.6 Å². The fourth-order valence-electron chi connectivity index (χ4n) is 3.26. The molecule has 1 aliphatic heterocycles. The summed E-state index contributed by atoms with van der Waals surface area (Å²) >= 11 is 0. The van der Waals surface area contributed by atoms with Crippen molar-refractivity contribution in [2.45, 2.75) is 19.2 Å². The van der Waals surface area contributed by atoms with E-state index in [-0.39, 0.29) is 26.2 Å². The Morgan fingerprint density at radius 2 is 1.39 bits per heavy atom. The van der Waals surface area contributed by atoms with Crippen molar-refractivity contribution in [3.8, 4) is 11.5 Å². The van der Waals surface area contributed by atoms with Gasteiger partial charge < -0.3 is 24.9 Å². The third kappa shape index (κ3) is 6.39. The number of hydrogen-bond donors (Lipinski definition) is 2. The Hall–Kier alpha value is -4.20. The van der Waals surface area contributed by atoms with Crippen molar-refractivity contribution in [2.24, 2.45) is 0 Å². The molecule has 0 aromatic heterocycles. The van der Waals surface area contributed by atoms with Gasteiger partial charge in [0.05, 0.1) is 0 Å². The summed E-state index contributed by atoms with van der Waals surface area (Å²) in [7, 11) is 0. The maximum absolute atomic E-state index is 12.9. The van der Waals surface area contributed by atoms with Crippen molar-refractivity contribution >= 4 is 12.1 Å². The van der Waals surface area contributed by atoms with E-state index in [0.29, 0.717) is 11.5 Å². The monoisotopic (exact) mass is 447 g/mol. The summed E-state index contributed by atoms with van der Waals surface area (Å²) in [6, 6.07) is 25.6. The first-order valence-corrected chi connectivity index (χ1v) is 10.6. The number of carbonyl (C=O) groups is 2. The Morgan fingerprint density at radius 1 is 0.818 bits per heavy atom. The average molecular weight is 447 g/mol. The van der Waals surface area contributed by atoms with E-state index in [1.54, 1.807) is 6.07 Å². The Kier molecular flexibility index (Phi) is 7.27. The van der Waals surface area contributed by atoms with Crippen molar-refractivity contribution in [2.75, 3.05) is 13.2 Å². The molecular formula is C25H25N3O5. The molecule has 8 heteroatoms. The number of fused-ring (bicyclic) bond motifs is 1. The minimum atomic E-state index is -0.745. The van der Waals surface area contributed by atoms with Gasteiger partial charge in [0.25, 0.3) is 0 Å². The molecule has 0 saturated heterocycles. The van der Waals surface area contributed by atoms with E-state index in [9.17, 15) is 9.59 Å². The minimum absolute atomic E-state index is 0.00624. The first-order chi connectivity index (χ1) is 16.2. The van der Waals surface area contributed by atoms with Crippen LogP contribution in [0.5, 0.6) is 11.5 Å². The van der Waals surface area contributed by atoms with E-state index in [4.69, 9.17) is 14.3 Å². The second-order valence-corrected chi connectivity index (χ2v) is 7.42. The van der Waals surface area contributed by atoms with Crippen LogP contribution in [-0.4, -0.2) is 36.4 Å². The van der Waals surface area contributed by atoms with Crippen LogP contribution >= 0.6 is 0 Å². The molecule has 170 valence electrons. The molecular weight excluding hydrogens is 422 g/mol. The molecule has 0 fully saturated rings. The van der Waals surface area contributed by atoms with E-state index in [0.717, 1.165) is 16.2 Å². The summed E-state index contributed by atoms with van der Waals surface area (Å²) in [5.41, 5.74) is 1.83. The number of ether oxygens (including phenoxy) is 2. The molecule has 3 amide bonds. The predicted molar refractivity (Wildman–Crippen MR) is 121 cm³/mol. The van der Waals surface area contributed by atoms with Crippen LogP contribution in [0, 0.1) is 0 Å². The molecule has 1 heterocycles. The smallest absolute Gasteiger partial charge is 0.432 e. The van der Waals surface area contributed by atoms with Gasteiger partial charge in [-0.15, -0.1) is 5.06 Å². The first kappa shape index (κ1) is 22.0. The summed E-state index contributed by atoms with van der Waals surface area (Å²) in [5.74, 6) is 1.21. The molecule has 0 bridgehead atoms. The highest BCUT2D eigenvalue weighted by Crippen LogP contribution is 2.31. The number of rotatable bonds is 6. The zero-order valence-electron chi connectivity index (χ0n) is 18.0. The standard InChI is InChI=1S/C25H25N3O5/c29-24(26-15-19-9-3-1-4-10-19)28(33-25(30)27-16-20-11-5-2-6-12-20)17-21-18-31-22-13-7-8-14-23(22)32-21/h1-14,21H,15-18H2,(H,26,29)(H,27,30). The van der Waals surface area contributed by atoms with Gasteiger partial charge in [-0.2, -0.15) is 0 Å². The number of benzene rings is 3. The minimum Gasteiger partial charge on any atom is -0.486 e. The lowest BCUT2D eigenvalue weighted by Gasteiger charge is -2.30. The predicted octanol–water partition coefficient (Wildman–Crippen LogP) is 3.88. The van der Waals surface area contributed by atoms with Crippen LogP contribution in [0.2, 0.25) is 0 Å². The molecule has 1 atom stereocenters. The molecule has 8 nitrogen and oxygen atoms in total. The van der Waals surface area contributed by atoms with Crippen LogP contribution in [0.3, 0.4) is 0 Å². The Labute approximate surface area is 192 Å². The van der Waals surface area contributed by atoms with Gasteiger partial charge in [0, 0.05) is 13.1 Å². The maximum atomic E-state index is 12.9. The molecule has 1 unspecified atom stereocenters. The van der Waals surface area contributed by atoms with Gasteiger partial charge in [0.2, 0.25) is 0 Å². The molecule has 33 heavy (non-hydrogen) atoms. The van der Waals surface area contributed by atoms with Crippen LogP contribution in [0.4, 0.5) is 9.59 Å². The molecule has 2 N–H and O–H groups in total. The van der Waals surface area contributed by atoms with Crippen LogP contribution in [0.25, 0.3) is 0 Å². The third-order valence-electron chi connectivity index (χ3n) is 4.92. The van der Waals surface area contributed by atoms with E-state index in [1.165, 1.54) is 0 Å². The van der Waals surface area contributed by atoms with Gasteiger partial charge in [-0.1, -0.05) is 72.8 Å². The average Bonchev–Trinajstić information content (AvgIpc) is 2.87. The van der Waals surface area contributed by atoms with Crippen LogP contribution in [0.1, 0.15) is 11.1 Å². The number of hydroxylamine groups is 2. The fourth-order valence-corrected chi connectivity index (χ4v) is 3.26. The molecule has 0 radical (unpaired) electrons. The summed E-state index contributed by atoms with van der Waals surface area (Å²) in [6.07, 6.45) is -1.25. The van der Waals surface area contributed by atoms with Crippen molar-refractivity contribution in [1.82, 2.24) is 15.7 Å². The number of hydrogen-bond acceptors (Lipinski definition) is 5. The van der Waals surface area contributed by atoms with Crippen molar-refractivity contribution in [3.63, 3.8) is 0 Å². The Morgan fingerprint density at radius 3 is 2.06 bits per heavy atom. The first-order valence-electron chi connectivity index (χ1n) is 10.6. The summed E-state index contributed by atoms with van der Waals surface area (Å²) in [5, 5.41) is 6.39. The third-order valence-corrected chi connectivity index (χ3v) is 4.92. The second kappa shape index (κ2) is 10.9. The number of para-hydroxylation sites is 2. The Balaban J connectivity index is 1.38. The van der Waals surface area contributed by atoms with Gasteiger partial charge >= 0.3 is 12.1 Å². The molecule has 0 aliphatic carbocycles. The summed E-state index contributed by atoms with van der Waals surface area (Å²) in [6.45, 7) is 0.772. The number of nitrogens with one attached hydrogen (secondary N) is 2. The van der Waals surface area contributed by atoms with Gasteiger partial charge in [-0.25, -0.2) is 9.59 Å². The molecule has 3 aromatic carbocycles. The zero-order chi connectivity index (χ0) is 22.9. The lowest BCUT2D eigenvalue weighted by molar-refractivity contribution is -0.0837. The van der Waals surface area contributed by atoms with Gasteiger partial charge in [-0.3, -0.25) is 0 Å². The SMILES string of the molecule is O=C(NCc1ccccc1)ON(CC1COc2ccccc2O1)C(=O)NCc1ccccc1. The van der Waals surface area contributed by atoms with Crippen molar-refractivity contribution < 1.29 is 23.9 Å². The molecule has 4 rings (SSSR count). The second-order valence-electron chi connectivity index (χ2n) is 7.42. The molecule has 0 spiro atoms. The van der Waals surface area contributed by atoms with Crippen molar-refractivity contribution in [3.05, 3.63) is 96.1 Å². The molecule has 0 saturated carbocycles. The van der Waals surface area contributed by atoms with Gasteiger partial charge in [-0.05, 0) is 23.3 Å². The van der Waals surface area contributed by atoms with Crippen LogP contribution in [0.15, 0.2) is 84.9 Å². The zero-order valence-corrected chi connectivity index (χ0v) is 18.0. The highest BCUT2D eigenvalue weighted by molar-refractivity contribution is 5.76. The fraction of sp³-hybridized carbons (Fsp3) is 0.200. The molecule has 3 aromatic rings. The lowest BCUT2D eigenvalue weighted by atomic mass is 10.2. The van der Waals surface area contributed by atoms with Gasteiger partial charge in [0.1, 0.15) is 13.2 Å². The number of urea groups is 1. The van der Waals surface area contributed by atoms with Gasteiger partial charge in [0.15, 0.2) is 17.6 Å². The van der Waals surface area contributed by atoms with Crippen LogP contribution < -0.4 is 20.1 Å². The summed E-state index contributed by atoms with van der Waals surface area (Å²) in [4.78, 5) is 30.6. The topological polar surface area (TPSA) is 89.1 Å². The quantitative estimate of drug-likeness (QED) is 0.560. The highest BCUT2D eigenvalue weighted by atomic mass is 16.7. The molecule has 1 aliphatic rings. The highest BCUT2D eigenvalue weighted by Gasteiger charge is 2.28. The van der Waals surface area contributed by atoms with E-state index in [1.807, 2.05) is 78.9 Å². The van der Waals surface area contributed by atoms with Crippen LogP contribution in [-0.2, 0) is 17.9 Å². The normalized spacial score (nSPS) is 14.1. The summed E-state index contributed by atoms with van der Waals surface area (Å²) < 4.78 is 11.6. The number of amides is 3. The Bertz CT molecular complexity index is 1060. The lowest BCUT2D eigenvalue weighted by Crippen LogP contribution is -2.49. The maximum Gasteiger partial charge on any atom is 0.432 e. The number of nitrogens with zero attached hydrogens (tertiary/aromatic N) is 1. The van der Waals surface area contributed by atoms with E-state index >= 15 is 0 Å². The number of carbonyl (C=O) groups excluding carboxylic acids is 2. The largest absolute Gasteiger partial charge is 0.486 e. The van der Waals surface area contributed by atoms with E-state index < -0.39 is 18.2 Å².